The largest absolute Gasteiger partial charge is 0.248 e. The van der Waals surface area contributed by atoms with Gasteiger partial charge >= 0.3 is 0 Å². The van der Waals surface area contributed by atoms with Crippen molar-refractivity contribution in [2.75, 3.05) is 6.54 Å². The molecule has 26 heavy (non-hydrogen) atoms. The molecule has 0 radical (unpaired) electrons. The van der Waals surface area contributed by atoms with E-state index in [0.717, 1.165) is 13.1 Å². The quantitative estimate of drug-likeness (QED) is 0.204. The number of nitrogens with zero attached hydrogens (tertiary/aromatic N) is 1. The minimum atomic E-state index is 1.05. The molecule has 0 aliphatic heterocycles. The van der Waals surface area contributed by atoms with Crippen LogP contribution >= 0.6 is 0 Å². The number of hydrogen-bond acceptors (Lipinski definition) is 0. The van der Waals surface area contributed by atoms with Crippen LogP contribution in [0.15, 0.2) is 43.3 Å². The van der Waals surface area contributed by atoms with Crippen molar-refractivity contribution in [1.82, 2.24) is 0 Å². The molecule has 144 valence electrons. The van der Waals surface area contributed by atoms with E-state index >= 15 is 0 Å². The first-order valence-electron chi connectivity index (χ1n) is 10.7. The van der Waals surface area contributed by atoms with Gasteiger partial charge in [-0.15, -0.1) is 0 Å². The highest BCUT2D eigenvalue weighted by Crippen LogP contribution is 2.12. The molecule has 1 rings (SSSR count). The molecule has 1 aromatic rings. The summed E-state index contributed by atoms with van der Waals surface area (Å²) in [6.07, 6.45) is 23.7. The molecule has 1 N–H and O–H groups in total. The van der Waals surface area contributed by atoms with Crippen LogP contribution in [0.25, 0.3) is 5.57 Å². The summed E-state index contributed by atoms with van der Waals surface area (Å²) < 4.78 is 2.29. The Bertz CT molecular complexity index is 526. The van der Waals surface area contributed by atoms with Gasteiger partial charge in [0.25, 0.3) is 0 Å². The molecule has 0 aromatic carbocycles. The molecule has 2 heteroatoms. The molecule has 0 aliphatic carbocycles. The third-order valence-electron chi connectivity index (χ3n) is 4.77. The summed E-state index contributed by atoms with van der Waals surface area (Å²) in [5, 5.41) is 0. The fourth-order valence-electron chi connectivity index (χ4n) is 3.04. The van der Waals surface area contributed by atoms with E-state index in [4.69, 9.17) is 0 Å². The van der Waals surface area contributed by atoms with Crippen LogP contribution < -0.4 is 9.56 Å². The minimum Gasteiger partial charge on any atom is -0.248 e. The highest BCUT2D eigenvalue weighted by Gasteiger charge is 2.03. The topological polar surface area (TPSA) is 17.9 Å². The van der Waals surface area contributed by atoms with Crippen LogP contribution in [0, 0.1) is 0 Å². The second kappa shape index (κ2) is 15.5. The van der Waals surface area contributed by atoms with Gasteiger partial charge in [-0.1, -0.05) is 65.0 Å². The summed E-state index contributed by atoms with van der Waals surface area (Å²) in [4.78, 5) is 3.40. The van der Waals surface area contributed by atoms with E-state index in [-0.39, 0.29) is 0 Å². The Morgan fingerprint density at radius 2 is 1.54 bits per heavy atom. The summed E-state index contributed by atoms with van der Waals surface area (Å²) >= 11 is 0. The number of allylic oxidation sites excluding steroid dienone is 3. The lowest BCUT2D eigenvalue weighted by atomic mass is 10.1. The van der Waals surface area contributed by atoms with E-state index in [2.05, 4.69) is 66.8 Å². The van der Waals surface area contributed by atoms with Crippen molar-refractivity contribution in [1.29, 1.82) is 0 Å². The van der Waals surface area contributed by atoms with Crippen molar-refractivity contribution in [3.8, 4) is 0 Å². The predicted molar refractivity (Wildman–Crippen MR) is 114 cm³/mol. The van der Waals surface area contributed by atoms with Crippen LogP contribution in [-0.4, -0.2) is 12.8 Å². The van der Waals surface area contributed by atoms with E-state index in [1.807, 2.05) is 6.08 Å². The molecule has 0 bridgehead atoms. The first kappa shape index (κ1) is 22.3. The molecule has 0 saturated heterocycles. The van der Waals surface area contributed by atoms with Gasteiger partial charge in [0.05, 0.1) is 0 Å². The van der Waals surface area contributed by atoms with Crippen LogP contribution in [0.1, 0.15) is 83.6 Å². The van der Waals surface area contributed by atoms with Crippen LogP contribution in [-0.2, 0) is 6.54 Å². The number of rotatable bonds is 15. The van der Waals surface area contributed by atoms with E-state index in [0.29, 0.717) is 0 Å². The van der Waals surface area contributed by atoms with Gasteiger partial charge < -0.3 is 0 Å². The average Bonchev–Trinajstić information content (AvgIpc) is 2.67. The van der Waals surface area contributed by atoms with Gasteiger partial charge in [-0.25, -0.2) is 9.56 Å². The Kier molecular flexibility index (Phi) is 13.4. The zero-order chi connectivity index (χ0) is 18.9. The fourth-order valence-corrected chi connectivity index (χ4v) is 3.04. The van der Waals surface area contributed by atoms with Crippen LogP contribution in [0.4, 0.5) is 0 Å². The molecule has 0 atom stereocenters. The second-order valence-corrected chi connectivity index (χ2v) is 7.10. The van der Waals surface area contributed by atoms with Gasteiger partial charge in [0.15, 0.2) is 18.6 Å². The van der Waals surface area contributed by atoms with Crippen LogP contribution in [0.3, 0.4) is 0 Å². The van der Waals surface area contributed by atoms with Gasteiger partial charge in [0.2, 0.25) is 0 Å². The fraction of sp³-hybridized carbons (Fsp3) is 0.583. The first-order valence-corrected chi connectivity index (χ1v) is 10.7. The number of unbranched alkanes of at least 4 members (excludes halogenated alkanes) is 8. The molecule has 0 unspecified atom stereocenters. The second-order valence-electron chi connectivity index (χ2n) is 7.10. The molecule has 1 aromatic heterocycles. The van der Waals surface area contributed by atoms with Gasteiger partial charge in [0, 0.05) is 31.1 Å². The standard InChI is InChI=1S/C24H39N2/c1-4-7-9-11-13-18-25-19-15-23(6-3)24-16-21-26(22-17-24)20-14-12-10-8-5-2/h6,15-17,19,21-22H,3-5,7-14,18,20H2,1-2H3/q+1/p+1/b23-15+,25-19?. The molecule has 0 aliphatic rings. The van der Waals surface area contributed by atoms with Gasteiger partial charge in [-0.05, 0) is 24.0 Å². The Morgan fingerprint density at radius 1 is 0.923 bits per heavy atom. The molecular weight excluding hydrogens is 316 g/mol. The lowest BCUT2D eigenvalue weighted by Crippen LogP contribution is -2.68. The molecule has 0 fully saturated rings. The van der Waals surface area contributed by atoms with E-state index in [1.165, 1.54) is 75.3 Å². The Balaban J connectivity index is 2.40. The summed E-state index contributed by atoms with van der Waals surface area (Å²) in [6, 6.07) is 4.39. The summed E-state index contributed by atoms with van der Waals surface area (Å²) in [5.41, 5.74) is 2.39. The third kappa shape index (κ3) is 10.3. The van der Waals surface area contributed by atoms with Crippen LogP contribution in [0.2, 0.25) is 0 Å². The molecule has 1 heterocycles. The lowest BCUT2D eigenvalue weighted by Gasteiger charge is -2.01. The van der Waals surface area contributed by atoms with Gasteiger partial charge in [-0.3, -0.25) is 0 Å². The van der Waals surface area contributed by atoms with Crippen LogP contribution in [0.5, 0.6) is 0 Å². The third-order valence-corrected chi connectivity index (χ3v) is 4.77. The Labute approximate surface area is 161 Å². The van der Waals surface area contributed by atoms with Crippen molar-refractivity contribution in [3.05, 3.63) is 48.8 Å². The zero-order valence-electron chi connectivity index (χ0n) is 17.2. The maximum atomic E-state index is 3.96. The van der Waals surface area contributed by atoms with Gasteiger partial charge in [-0.2, -0.15) is 0 Å². The maximum Gasteiger partial charge on any atom is 0.169 e. The number of pyridine rings is 1. The molecule has 0 saturated carbocycles. The first-order chi connectivity index (χ1) is 12.8. The van der Waals surface area contributed by atoms with E-state index in [9.17, 15) is 0 Å². The summed E-state index contributed by atoms with van der Waals surface area (Å²) in [5.74, 6) is 0. The van der Waals surface area contributed by atoms with Gasteiger partial charge in [0.1, 0.15) is 13.1 Å². The Morgan fingerprint density at radius 3 is 2.15 bits per heavy atom. The van der Waals surface area contributed by atoms with Crippen molar-refractivity contribution in [2.45, 2.75) is 84.6 Å². The molecule has 0 spiro atoms. The lowest BCUT2D eigenvalue weighted by molar-refractivity contribution is -0.697. The monoisotopic (exact) mass is 356 g/mol. The molecule has 2 nitrogen and oxygen atoms in total. The summed E-state index contributed by atoms with van der Waals surface area (Å²) in [7, 11) is 0. The number of nitrogens with one attached hydrogen (secondary N) is 1. The smallest absolute Gasteiger partial charge is 0.169 e. The zero-order valence-corrected chi connectivity index (χ0v) is 17.2. The van der Waals surface area contributed by atoms with E-state index < -0.39 is 0 Å². The predicted octanol–water partition coefficient (Wildman–Crippen LogP) is 4.64. The number of aromatic nitrogens is 1. The van der Waals surface area contributed by atoms with Crippen molar-refractivity contribution < 1.29 is 9.56 Å². The van der Waals surface area contributed by atoms with Crippen molar-refractivity contribution >= 4 is 11.8 Å². The highest BCUT2D eigenvalue weighted by molar-refractivity contribution is 5.85. The summed E-state index contributed by atoms with van der Waals surface area (Å²) in [6.45, 7) is 10.6. The average molecular weight is 357 g/mol. The minimum absolute atomic E-state index is 1.05. The SMILES string of the molecule is C=C/C(=C\C=[NH+]CCCCCCC)c1cc[n+](CCCCCCC)cc1. The van der Waals surface area contributed by atoms with E-state index in [1.54, 1.807) is 0 Å². The molecule has 0 amide bonds. The molecular formula is C24H40N2+2. The highest BCUT2D eigenvalue weighted by atomic mass is 14.9. The number of aryl methyl sites for hydroxylation is 1. The van der Waals surface area contributed by atoms with Crippen molar-refractivity contribution in [3.63, 3.8) is 0 Å². The Hall–Kier alpha value is -1.70. The normalized spacial score (nSPS) is 12.0. The maximum absolute atomic E-state index is 3.96. The number of hydrogen-bond donors (Lipinski definition) is 1. The van der Waals surface area contributed by atoms with Crippen molar-refractivity contribution in [2.24, 2.45) is 0 Å².